The zero-order chi connectivity index (χ0) is 20.0. The minimum Gasteiger partial charge on any atom is -0.489 e. The molecule has 3 heteroatoms. The summed E-state index contributed by atoms with van der Waals surface area (Å²) >= 11 is 0. The van der Waals surface area contributed by atoms with Crippen LogP contribution in [-0.4, -0.2) is 17.2 Å². The van der Waals surface area contributed by atoms with Crippen molar-refractivity contribution in [2.75, 3.05) is 6.54 Å². The molecule has 1 aliphatic carbocycles. The molecular weight excluding hydrogens is 346 g/mol. The summed E-state index contributed by atoms with van der Waals surface area (Å²) < 4.78 is 5.83. The molecule has 0 spiro atoms. The number of aliphatic hydroxyl groups excluding tert-OH is 1. The van der Waals surface area contributed by atoms with Gasteiger partial charge in [-0.15, -0.1) is 0 Å². The molecule has 0 heterocycles. The van der Waals surface area contributed by atoms with Crippen LogP contribution in [0.4, 0.5) is 0 Å². The van der Waals surface area contributed by atoms with Crippen LogP contribution in [0.1, 0.15) is 56.8 Å². The van der Waals surface area contributed by atoms with Crippen molar-refractivity contribution in [1.29, 1.82) is 0 Å². The average Bonchev–Trinajstić information content (AvgIpc) is 2.71. The van der Waals surface area contributed by atoms with Gasteiger partial charge in [-0.2, -0.15) is 0 Å². The van der Waals surface area contributed by atoms with Gasteiger partial charge >= 0.3 is 0 Å². The predicted molar refractivity (Wildman–Crippen MR) is 115 cm³/mol. The van der Waals surface area contributed by atoms with Gasteiger partial charge in [0.2, 0.25) is 0 Å². The van der Waals surface area contributed by atoms with Gasteiger partial charge in [-0.05, 0) is 54.9 Å². The average molecular weight is 380 g/mol. The molecule has 1 saturated carbocycles. The highest BCUT2D eigenvalue weighted by molar-refractivity contribution is 5.29. The Labute approximate surface area is 169 Å². The standard InChI is InChI=1S/C25H33NO2/c1-4-25(15-19(2)14-20(3)16-25)26-17-24(27)22-10-12-23(13-11-22)28-18-21-8-6-5-7-9-21/h5-13,20,24,26-27H,2,4,14-18H2,1,3H3. The third-order valence-electron chi connectivity index (χ3n) is 5.83. The van der Waals surface area contributed by atoms with Crippen LogP contribution in [0, 0.1) is 5.92 Å². The van der Waals surface area contributed by atoms with Gasteiger partial charge in [0.25, 0.3) is 0 Å². The lowest BCUT2D eigenvalue weighted by Gasteiger charge is -2.42. The maximum absolute atomic E-state index is 10.7. The Morgan fingerprint density at radius 3 is 2.54 bits per heavy atom. The van der Waals surface area contributed by atoms with Crippen LogP contribution in [-0.2, 0) is 6.61 Å². The molecule has 1 fully saturated rings. The van der Waals surface area contributed by atoms with E-state index in [0.717, 1.165) is 42.6 Å². The van der Waals surface area contributed by atoms with Crippen molar-refractivity contribution in [3.8, 4) is 5.75 Å². The quantitative estimate of drug-likeness (QED) is 0.602. The summed E-state index contributed by atoms with van der Waals surface area (Å²) in [5.41, 5.74) is 3.44. The van der Waals surface area contributed by atoms with Crippen molar-refractivity contribution in [3.63, 3.8) is 0 Å². The first-order valence-corrected chi connectivity index (χ1v) is 10.4. The van der Waals surface area contributed by atoms with Crippen LogP contribution >= 0.6 is 0 Å². The van der Waals surface area contributed by atoms with Gasteiger partial charge in [0, 0.05) is 12.1 Å². The number of hydrogen-bond acceptors (Lipinski definition) is 3. The third-order valence-corrected chi connectivity index (χ3v) is 5.83. The van der Waals surface area contributed by atoms with Crippen LogP contribution in [0.15, 0.2) is 66.7 Å². The molecule has 0 aromatic heterocycles. The van der Waals surface area contributed by atoms with Gasteiger partial charge in [-0.3, -0.25) is 0 Å². The van der Waals surface area contributed by atoms with E-state index in [1.54, 1.807) is 0 Å². The van der Waals surface area contributed by atoms with Gasteiger partial charge in [0.15, 0.2) is 0 Å². The fraction of sp³-hybridized carbons (Fsp3) is 0.440. The van der Waals surface area contributed by atoms with E-state index in [1.807, 2.05) is 54.6 Å². The number of benzene rings is 2. The minimum absolute atomic E-state index is 0.0640. The Hall–Kier alpha value is -2.10. The van der Waals surface area contributed by atoms with E-state index in [-0.39, 0.29) is 5.54 Å². The number of hydrogen-bond donors (Lipinski definition) is 2. The molecule has 3 rings (SSSR count). The number of nitrogens with one attached hydrogen (secondary N) is 1. The normalized spacial score (nSPS) is 23.4. The number of rotatable bonds is 8. The second kappa shape index (κ2) is 9.40. The van der Waals surface area contributed by atoms with E-state index in [4.69, 9.17) is 4.74 Å². The Kier molecular flexibility index (Phi) is 6.93. The molecule has 28 heavy (non-hydrogen) atoms. The molecule has 0 bridgehead atoms. The highest BCUT2D eigenvalue weighted by Gasteiger charge is 2.34. The summed E-state index contributed by atoms with van der Waals surface area (Å²) in [7, 11) is 0. The summed E-state index contributed by atoms with van der Waals surface area (Å²) in [6, 6.07) is 17.9. The Balaban J connectivity index is 1.54. The van der Waals surface area contributed by atoms with E-state index in [9.17, 15) is 5.11 Å². The molecule has 0 amide bonds. The summed E-state index contributed by atoms with van der Waals surface area (Å²) in [6.07, 6.45) is 3.79. The number of ether oxygens (including phenoxy) is 1. The maximum atomic E-state index is 10.7. The van der Waals surface area contributed by atoms with E-state index < -0.39 is 6.10 Å². The van der Waals surface area contributed by atoms with Gasteiger partial charge in [-0.1, -0.05) is 68.5 Å². The highest BCUT2D eigenvalue weighted by Crippen LogP contribution is 2.37. The van der Waals surface area contributed by atoms with E-state index in [0.29, 0.717) is 19.1 Å². The highest BCUT2D eigenvalue weighted by atomic mass is 16.5. The van der Waals surface area contributed by atoms with Crippen molar-refractivity contribution in [2.45, 2.75) is 57.8 Å². The fourth-order valence-electron chi connectivity index (χ4n) is 4.34. The molecule has 3 atom stereocenters. The van der Waals surface area contributed by atoms with Gasteiger partial charge in [-0.25, -0.2) is 0 Å². The molecule has 0 saturated heterocycles. The van der Waals surface area contributed by atoms with Gasteiger partial charge in [0.1, 0.15) is 12.4 Å². The lowest BCUT2D eigenvalue weighted by atomic mass is 9.73. The lowest BCUT2D eigenvalue weighted by molar-refractivity contribution is 0.137. The second-order valence-corrected chi connectivity index (χ2v) is 8.31. The minimum atomic E-state index is -0.530. The van der Waals surface area contributed by atoms with E-state index in [1.165, 1.54) is 5.57 Å². The summed E-state index contributed by atoms with van der Waals surface area (Å²) in [5.74, 6) is 1.46. The molecule has 3 unspecified atom stereocenters. The SMILES string of the molecule is C=C1CC(C)CC(CC)(NCC(O)c2ccc(OCc3ccccc3)cc2)C1. The molecule has 3 nitrogen and oxygen atoms in total. The Bertz CT molecular complexity index is 756. The number of β-amino-alcohol motifs (C(OH)–C–C–N with tert-alkyl or cyclic N) is 1. The van der Waals surface area contributed by atoms with Gasteiger partial charge < -0.3 is 15.2 Å². The van der Waals surface area contributed by atoms with Crippen LogP contribution in [0.2, 0.25) is 0 Å². The van der Waals surface area contributed by atoms with Gasteiger partial charge in [0.05, 0.1) is 6.10 Å². The largest absolute Gasteiger partial charge is 0.489 e. The maximum Gasteiger partial charge on any atom is 0.119 e. The van der Waals surface area contributed by atoms with Crippen molar-refractivity contribution < 1.29 is 9.84 Å². The number of aliphatic hydroxyl groups is 1. The van der Waals surface area contributed by atoms with Crippen molar-refractivity contribution in [3.05, 3.63) is 77.9 Å². The first-order valence-electron chi connectivity index (χ1n) is 10.4. The summed E-state index contributed by atoms with van der Waals surface area (Å²) in [4.78, 5) is 0. The van der Waals surface area contributed by atoms with E-state index >= 15 is 0 Å². The molecule has 2 N–H and O–H groups in total. The van der Waals surface area contributed by atoms with Crippen LogP contribution in [0.25, 0.3) is 0 Å². The zero-order valence-electron chi connectivity index (χ0n) is 17.2. The second-order valence-electron chi connectivity index (χ2n) is 8.31. The predicted octanol–water partition coefficient (Wildman–Crippen LogP) is 5.41. The lowest BCUT2D eigenvalue weighted by Crippen LogP contribution is -2.49. The molecule has 0 aliphatic heterocycles. The fourth-order valence-corrected chi connectivity index (χ4v) is 4.34. The van der Waals surface area contributed by atoms with E-state index in [2.05, 4.69) is 25.7 Å². The van der Waals surface area contributed by atoms with Crippen molar-refractivity contribution in [1.82, 2.24) is 5.32 Å². The molecule has 2 aromatic rings. The first-order chi connectivity index (χ1) is 13.5. The zero-order valence-corrected chi connectivity index (χ0v) is 17.2. The summed E-state index contributed by atoms with van der Waals surface area (Å²) in [6.45, 7) is 9.84. The Morgan fingerprint density at radius 2 is 1.89 bits per heavy atom. The topological polar surface area (TPSA) is 41.5 Å². The van der Waals surface area contributed by atoms with Crippen LogP contribution < -0.4 is 10.1 Å². The molecule has 0 radical (unpaired) electrons. The van der Waals surface area contributed by atoms with Crippen molar-refractivity contribution in [2.24, 2.45) is 5.92 Å². The summed E-state index contributed by atoms with van der Waals surface area (Å²) in [5, 5.41) is 14.3. The molecule has 1 aliphatic rings. The molecular formula is C25H33NO2. The Morgan fingerprint density at radius 1 is 1.18 bits per heavy atom. The van der Waals surface area contributed by atoms with Crippen LogP contribution in [0.5, 0.6) is 5.75 Å². The first kappa shape index (κ1) is 20.6. The third kappa shape index (κ3) is 5.46. The monoisotopic (exact) mass is 379 g/mol. The molecule has 2 aromatic carbocycles. The van der Waals surface area contributed by atoms with Crippen LogP contribution in [0.3, 0.4) is 0 Å². The molecule has 150 valence electrons. The van der Waals surface area contributed by atoms with Crippen molar-refractivity contribution >= 4 is 0 Å². The smallest absolute Gasteiger partial charge is 0.119 e.